The Morgan fingerprint density at radius 1 is 0.960 bits per heavy atom. The number of benzene rings is 2. The van der Waals surface area contributed by atoms with Crippen LogP contribution in [0.15, 0.2) is 54.6 Å². The summed E-state index contributed by atoms with van der Waals surface area (Å²) in [5.74, 6) is -1.16. The molecule has 3 amide bonds. The maximum Gasteiger partial charge on any atom is 0.262 e. The summed E-state index contributed by atoms with van der Waals surface area (Å²) in [6, 6.07) is 16.2. The molecule has 0 saturated heterocycles. The van der Waals surface area contributed by atoms with Gasteiger partial charge in [0, 0.05) is 0 Å². The third-order valence-electron chi connectivity index (χ3n) is 4.29. The van der Waals surface area contributed by atoms with Gasteiger partial charge in [-0.15, -0.1) is 0 Å². The predicted molar refractivity (Wildman–Crippen MR) is 94.0 cm³/mol. The molecule has 1 atom stereocenters. The average Bonchev–Trinajstić information content (AvgIpc) is 2.87. The zero-order chi connectivity index (χ0) is 17.8. The fraction of sp³-hybridized carbons (Fsp3) is 0.250. The van der Waals surface area contributed by atoms with Gasteiger partial charge in [0.05, 0.1) is 17.2 Å². The van der Waals surface area contributed by atoms with Crippen LogP contribution >= 0.6 is 0 Å². The van der Waals surface area contributed by atoms with Crippen LogP contribution in [0.2, 0.25) is 0 Å². The molecule has 2 aromatic carbocycles. The van der Waals surface area contributed by atoms with Gasteiger partial charge in [0.25, 0.3) is 11.8 Å². The summed E-state index contributed by atoms with van der Waals surface area (Å²) < 4.78 is 0. The lowest BCUT2D eigenvalue weighted by molar-refractivity contribution is -0.122. The molecule has 0 saturated carbocycles. The van der Waals surface area contributed by atoms with Crippen LogP contribution in [0.1, 0.15) is 52.1 Å². The second kappa shape index (κ2) is 7.30. The summed E-state index contributed by atoms with van der Waals surface area (Å²) in [6.07, 6.45) is 1.70. The first-order valence-electron chi connectivity index (χ1n) is 8.41. The van der Waals surface area contributed by atoms with E-state index in [0.717, 1.165) is 23.3 Å². The molecule has 25 heavy (non-hydrogen) atoms. The van der Waals surface area contributed by atoms with E-state index < -0.39 is 11.8 Å². The lowest BCUT2D eigenvalue weighted by Gasteiger charge is -2.20. The highest BCUT2D eigenvalue weighted by molar-refractivity contribution is 6.22. The Labute approximate surface area is 146 Å². The summed E-state index contributed by atoms with van der Waals surface area (Å²) in [4.78, 5) is 38.1. The molecule has 128 valence electrons. The number of nitrogens with zero attached hydrogens (tertiary/aromatic N) is 1. The molecule has 3 rings (SSSR count). The lowest BCUT2D eigenvalue weighted by Crippen LogP contribution is -2.41. The molecule has 0 spiro atoms. The Morgan fingerprint density at radius 2 is 1.52 bits per heavy atom. The molecule has 1 aliphatic heterocycles. The molecule has 0 aliphatic carbocycles. The van der Waals surface area contributed by atoms with E-state index in [1.807, 2.05) is 37.3 Å². The van der Waals surface area contributed by atoms with Crippen molar-refractivity contribution in [1.82, 2.24) is 10.2 Å². The maximum atomic E-state index is 12.4. The molecule has 0 radical (unpaired) electrons. The molecule has 5 heteroatoms. The number of carbonyl (C=O) groups is 3. The number of imide groups is 1. The molecular weight excluding hydrogens is 316 g/mol. The maximum absolute atomic E-state index is 12.4. The van der Waals surface area contributed by atoms with E-state index in [1.54, 1.807) is 24.3 Å². The van der Waals surface area contributed by atoms with Gasteiger partial charge in [-0.2, -0.15) is 0 Å². The Bertz CT molecular complexity index is 767. The average molecular weight is 336 g/mol. The number of hydrogen-bond acceptors (Lipinski definition) is 3. The van der Waals surface area contributed by atoms with Gasteiger partial charge in [-0.25, -0.2) is 0 Å². The number of amides is 3. The molecule has 1 heterocycles. The third-order valence-corrected chi connectivity index (χ3v) is 4.29. The Kier molecular flexibility index (Phi) is 4.93. The highest BCUT2D eigenvalue weighted by atomic mass is 16.2. The van der Waals surface area contributed by atoms with Gasteiger partial charge in [-0.1, -0.05) is 55.8 Å². The van der Waals surface area contributed by atoms with Crippen molar-refractivity contribution >= 4 is 17.7 Å². The summed E-state index contributed by atoms with van der Waals surface area (Å²) in [6.45, 7) is 1.78. The highest BCUT2D eigenvalue weighted by Crippen LogP contribution is 2.23. The van der Waals surface area contributed by atoms with Crippen molar-refractivity contribution in [1.29, 1.82) is 0 Å². The predicted octanol–water partition coefficient (Wildman–Crippen LogP) is 2.94. The van der Waals surface area contributed by atoms with E-state index in [0.29, 0.717) is 11.1 Å². The summed E-state index contributed by atoms with van der Waals surface area (Å²) in [5, 5.41) is 2.94. The van der Waals surface area contributed by atoms with E-state index in [-0.39, 0.29) is 18.5 Å². The number of carbonyl (C=O) groups excluding carboxylic acids is 3. The van der Waals surface area contributed by atoms with Crippen molar-refractivity contribution in [3.63, 3.8) is 0 Å². The first-order valence-corrected chi connectivity index (χ1v) is 8.41. The van der Waals surface area contributed by atoms with Crippen LogP contribution in [0, 0.1) is 0 Å². The quantitative estimate of drug-likeness (QED) is 0.825. The minimum atomic E-state index is -0.414. The molecule has 5 nitrogen and oxygen atoms in total. The minimum Gasteiger partial charge on any atom is -0.348 e. The van der Waals surface area contributed by atoms with Crippen molar-refractivity contribution < 1.29 is 14.4 Å². The van der Waals surface area contributed by atoms with Gasteiger partial charge in [0.15, 0.2) is 0 Å². The summed E-state index contributed by atoms with van der Waals surface area (Å²) in [7, 11) is 0. The fourth-order valence-corrected chi connectivity index (χ4v) is 3.06. The Hall–Kier alpha value is -2.95. The summed E-state index contributed by atoms with van der Waals surface area (Å²) in [5.41, 5.74) is 1.72. The fourth-order valence-electron chi connectivity index (χ4n) is 3.06. The first-order chi connectivity index (χ1) is 12.1. The zero-order valence-electron chi connectivity index (χ0n) is 14.1. The van der Waals surface area contributed by atoms with Gasteiger partial charge in [-0.05, 0) is 24.1 Å². The standard InChI is InChI=1S/C20H20N2O3/c1-2-8-17(14-9-4-3-5-10-14)21-18(23)13-22-19(24)15-11-6-7-12-16(15)20(22)25/h3-7,9-12,17H,2,8,13H2,1H3,(H,21,23). The minimum absolute atomic E-state index is 0.131. The van der Waals surface area contributed by atoms with Gasteiger partial charge in [-0.3, -0.25) is 19.3 Å². The van der Waals surface area contributed by atoms with Crippen LogP contribution in [0.25, 0.3) is 0 Å². The van der Waals surface area contributed by atoms with Gasteiger partial charge in [0.2, 0.25) is 5.91 Å². The highest BCUT2D eigenvalue weighted by Gasteiger charge is 2.36. The zero-order valence-corrected chi connectivity index (χ0v) is 14.1. The SMILES string of the molecule is CCCC(NC(=O)CN1C(=O)c2ccccc2C1=O)c1ccccc1. The lowest BCUT2D eigenvalue weighted by atomic mass is 10.0. The van der Waals surface area contributed by atoms with Crippen molar-refractivity contribution in [3.05, 3.63) is 71.3 Å². The smallest absolute Gasteiger partial charge is 0.262 e. The van der Waals surface area contributed by atoms with Crippen LogP contribution in [0.5, 0.6) is 0 Å². The number of fused-ring (bicyclic) bond motifs is 1. The molecule has 1 N–H and O–H groups in total. The molecule has 1 unspecified atom stereocenters. The van der Waals surface area contributed by atoms with Crippen molar-refractivity contribution in [2.75, 3.05) is 6.54 Å². The van der Waals surface area contributed by atoms with Crippen molar-refractivity contribution in [3.8, 4) is 0 Å². The van der Waals surface area contributed by atoms with Gasteiger partial charge >= 0.3 is 0 Å². The van der Waals surface area contributed by atoms with E-state index in [9.17, 15) is 14.4 Å². The Morgan fingerprint density at radius 3 is 2.08 bits per heavy atom. The van der Waals surface area contributed by atoms with E-state index in [1.165, 1.54) is 0 Å². The topological polar surface area (TPSA) is 66.5 Å². The number of nitrogens with one attached hydrogen (secondary N) is 1. The van der Waals surface area contributed by atoms with Crippen LogP contribution in [0.4, 0.5) is 0 Å². The van der Waals surface area contributed by atoms with Gasteiger partial charge < -0.3 is 5.32 Å². The number of rotatable bonds is 6. The van der Waals surface area contributed by atoms with Crippen LogP contribution in [-0.4, -0.2) is 29.2 Å². The Balaban J connectivity index is 1.70. The van der Waals surface area contributed by atoms with E-state index in [2.05, 4.69) is 5.32 Å². The molecule has 1 aliphatic rings. The van der Waals surface area contributed by atoms with E-state index in [4.69, 9.17) is 0 Å². The third kappa shape index (κ3) is 3.45. The molecule has 2 aromatic rings. The molecule has 0 aromatic heterocycles. The van der Waals surface area contributed by atoms with Crippen molar-refractivity contribution in [2.24, 2.45) is 0 Å². The second-order valence-electron chi connectivity index (χ2n) is 6.06. The first kappa shape index (κ1) is 16.9. The monoisotopic (exact) mass is 336 g/mol. The van der Waals surface area contributed by atoms with Crippen LogP contribution in [-0.2, 0) is 4.79 Å². The van der Waals surface area contributed by atoms with E-state index >= 15 is 0 Å². The second-order valence-corrected chi connectivity index (χ2v) is 6.06. The van der Waals surface area contributed by atoms with Crippen molar-refractivity contribution in [2.45, 2.75) is 25.8 Å². The number of hydrogen-bond donors (Lipinski definition) is 1. The molecule has 0 fully saturated rings. The van der Waals surface area contributed by atoms with Crippen LogP contribution in [0.3, 0.4) is 0 Å². The normalized spacial score (nSPS) is 14.4. The van der Waals surface area contributed by atoms with Gasteiger partial charge in [0.1, 0.15) is 6.54 Å². The summed E-state index contributed by atoms with van der Waals surface area (Å²) >= 11 is 0. The largest absolute Gasteiger partial charge is 0.348 e. The molecular formula is C20H20N2O3. The van der Waals surface area contributed by atoms with Crippen LogP contribution < -0.4 is 5.32 Å². The molecule has 0 bridgehead atoms.